The van der Waals surface area contributed by atoms with Gasteiger partial charge in [0.25, 0.3) is 0 Å². The first kappa shape index (κ1) is 17.5. The van der Waals surface area contributed by atoms with Gasteiger partial charge in [-0.05, 0) is 12.1 Å². The summed E-state index contributed by atoms with van der Waals surface area (Å²) < 4.78 is 10.7. The molecule has 1 aromatic rings. The third-order valence-corrected chi connectivity index (χ3v) is 3.51. The average Bonchev–Trinajstić information content (AvgIpc) is 2.45. The molecule has 1 aromatic carbocycles. The number of carbonyl (C=O) groups is 2. The second-order valence-electron chi connectivity index (χ2n) is 4.36. The zero-order chi connectivity index (χ0) is 15.8. The van der Waals surface area contributed by atoms with Crippen LogP contribution in [0.4, 0.5) is 5.69 Å². The van der Waals surface area contributed by atoms with Crippen molar-refractivity contribution < 1.29 is 19.1 Å². The largest absolute Gasteiger partial charge is 0.467 e. The smallest absolute Gasteiger partial charge is 0.330 e. The van der Waals surface area contributed by atoms with Crippen LogP contribution < -0.4 is 10.6 Å². The van der Waals surface area contributed by atoms with Gasteiger partial charge in [0.15, 0.2) is 0 Å². The van der Waals surface area contributed by atoms with E-state index in [9.17, 15) is 9.59 Å². The Morgan fingerprint density at radius 2 is 2.05 bits per heavy atom. The zero-order valence-electron chi connectivity index (χ0n) is 12.2. The van der Waals surface area contributed by atoms with Gasteiger partial charge in [-0.25, -0.2) is 4.79 Å². The summed E-state index contributed by atoms with van der Waals surface area (Å²) in [4.78, 5) is 22.8. The highest BCUT2D eigenvalue weighted by Crippen LogP contribution is 2.25. The predicted molar refractivity (Wildman–Crippen MR) is 83.0 cm³/mol. The molecule has 0 saturated heterocycles. The fourth-order valence-corrected chi connectivity index (χ4v) is 2.29. The van der Waals surface area contributed by atoms with Crippen LogP contribution in [0.2, 0.25) is 0 Å². The van der Waals surface area contributed by atoms with Gasteiger partial charge < -0.3 is 20.1 Å². The van der Waals surface area contributed by atoms with Crippen molar-refractivity contribution in [1.82, 2.24) is 5.32 Å². The highest BCUT2D eigenvalue weighted by molar-refractivity contribution is 9.10. The molecule has 1 rings (SSSR count). The van der Waals surface area contributed by atoms with Gasteiger partial charge in [-0.1, -0.05) is 22.0 Å². The van der Waals surface area contributed by atoms with E-state index in [1.165, 1.54) is 14.0 Å². The Bertz CT molecular complexity index is 508. The number of nitrogens with one attached hydrogen (secondary N) is 2. The van der Waals surface area contributed by atoms with Crippen molar-refractivity contribution in [3.63, 3.8) is 0 Å². The van der Waals surface area contributed by atoms with Crippen LogP contribution in [0.3, 0.4) is 0 Å². The fraction of sp³-hybridized carbons (Fsp3) is 0.429. The molecule has 116 valence electrons. The van der Waals surface area contributed by atoms with Crippen molar-refractivity contribution in [2.75, 3.05) is 26.1 Å². The molecule has 2 N–H and O–H groups in total. The Balaban J connectivity index is 2.82. The molecule has 0 saturated carbocycles. The lowest BCUT2D eigenvalue weighted by Crippen LogP contribution is -2.45. The third-order valence-electron chi connectivity index (χ3n) is 2.77. The Labute approximate surface area is 132 Å². The van der Waals surface area contributed by atoms with Crippen LogP contribution in [0.1, 0.15) is 12.5 Å². The number of ether oxygens (including phenoxy) is 2. The molecule has 0 aromatic heterocycles. The second-order valence-corrected chi connectivity index (χ2v) is 5.21. The summed E-state index contributed by atoms with van der Waals surface area (Å²) >= 11 is 3.46. The van der Waals surface area contributed by atoms with Gasteiger partial charge in [0.2, 0.25) is 5.91 Å². The maximum atomic E-state index is 11.6. The lowest BCUT2D eigenvalue weighted by Gasteiger charge is -2.19. The minimum Gasteiger partial charge on any atom is -0.467 e. The number of methoxy groups -OCH3 is 2. The number of esters is 1. The summed E-state index contributed by atoms with van der Waals surface area (Å²) in [7, 11) is 2.89. The molecule has 0 aliphatic heterocycles. The lowest BCUT2D eigenvalue weighted by atomic mass is 10.1. The molecule has 0 bridgehead atoms. The summed E-state index contributed by atoms with van der Waals surface area (Å²) in [5.41, 5.74) is 1.76. The molecule has 6 nitrogen and oxygen atoms in total. The molecule has 1 unspecified atom stereocenters. The number of rotatable bonds is 7. The maximum Gasteiger partial charge on any atom is 0.330 e. The van der Waals surface area contributed by atoms with Crippen LogP contribution >= 0.6 is 15.9 Å². The molecule has 0 heterocycles. The normalized spacial score (nSPS) is 11.6. The number of hydrogen-bond acceptors (Lipinski definition) is 5. The summed E-state index contributed by atoms with van der Waals surface area (Å²) in [5, 5.41) is 5.68. The molecule has 0 aliphatic carbocycles. The van der Waals surface area contributed by atoms with Crippen molar-refractivity contribution >= 4 is 33.5 Å². The van der Waals surface area contributed by atoms with E-state index in [2.05, 4.69) is 31.3 Å². The van der Waals surface area contributed by atoms with E-state index >= 15 is 0 Å². The number of benzene rings is 1. The molecule has 0 radical (unpaired) electrons. The number of hydrogen-bond donors (Lipinski definition) is 2. The zero-order valence-corrected chi connectivity index (χ0v) is 13.8. The van der Waals surface area contributed by atoms with Gasteiger partial charge in [-0.2, -0.15) is 0 Å². The highest BCUT2D eigenvalue weighted by atomic mass is 79.9. The topological polar surface area (TPSA) is 76.7 Å². The minimum absolute atomic E-state index is 0.222. The van der Waals surface area contributed by atoms with E-state index in [1.807, 2.05) is 18.2 Å². The first-order chi connectivity index (χ1) is 9.99. The van der Waals surface area contributed by atoms with Crippen LogP contribution in [0, 0.1) is 0 Å². The summed E-state index contributed by atoms with van der Waals surface area (Å²) in [5.74, 6) is -0.792. The van der Waals surface area contributed by atoms with Gasteiger partial charge in [0.05, 0.1) is 13.7 Å². The minimum atomic E-state index is -0.748. The number of amides is 1. The van der Waals surface area contributed by atoms with Crippen LogP contribution in [0.15, 0.2) is 22.7 Å². The van der Waals surface area contributed by atoms with Gasteiger partial charge in [0, 0.05) is 36.3 Å². The van der Waals surface area contributed by atoms with Gasteiger partial charge in [-0.3, -0.25) is 4.79 Å². The number of halogens is 1. The Morgan fingerprint density at radius 1 is 1.33 bits per heavy atom. The van der Waals surface area contributed by atoms with Crippen molar-refractivity contribution in [2.24, 2.45) is 0 Å². The van der Waals surface area contributed by atoms with E-state index in [1.54, 1.807) is 7.11 Å². The Morgan fingerprint density at radius 3 is 2.62 bits per heavy atom. The van der Waals surface area contributed by atoms with Crippen LogP contribution in [0.25, 0.3) is 0 Å². The fourth-order valence-electron chi connectivity index (χ4n) is 1.81. The Kier molecular flexibility index (Phi) is 7.18. The summed E-state index contributed by atoms with van der Waals surface area (Å²) in [6, 6.07) is 4.91. The molecule has 1 atom stereocenters. The first-order valence-corrected chi connectivity index (χ1v) is 7.14. The van der Waals surface area contributed by atoms with E-state index in [4.69, 9.17) is 4.74 Å². The van der Waals surface area contributed by atoms with Crippen molar-refractivity contribution in [3.05, 3.63) is 28.2 Å². The summed E-state index contributed by atoms with van der Waals surface area (Å²) in [6.07, 6.45) is 0. The van der Waals surface area contributed by atoms with Crippen LogP contribution in [-0.2, 0) is 25.7 Å². The highest BCUT2D eigenvalue weighted by Gasteiger charge is 2.20. The van der Waals surface area contributed by atoms with E-state index < -0.39 is 12.0 Å². The maximum absolute atomic E-state index is 11.6. The quantitative estimate of drug-likeness (QED) is 0.725. The molecule has 0 spiro atoms. The SMILES string of the molecule is COCc1c(Br)cccc1NCC(NC(C)=O)C(=O)OC. The molecule has 1 amide bonds. The molecule has 0 aliphatic rings. The van der Waals surface area contributed by atoms with Gasteiger partial charge in [0.1, 0.15) is 6.04 Å². The van der Waals surface area contributed by atoms with Gasteiger partial charge >= 0.3 is 5.97 Å². The van der Waals surface area contributed by atoms with Crippen LogP contribution in [-0.4, -0.2) is 38.7 Å². The third kappa shape index (κ3) is 5.35. The molecule has 7 heteroatoms. The summed E-state index contributed by atoms with van der Waals surface area (Å²) in [6.45, 7) is 2.00. The second kappa shape index (κ2) is 8.63. The predicted octanol–water partition coefficient (Wildman–Crippen LogP) is 1.69. The van der Waals surface area contributed by atoms with Gasteiger partial charge in [-0.15, -0.1) is 0 Å². The first-order valence-electron chi connectivity index (χ1n) is 6.34. The molecular formula is C14H19BrN2O4. The number of carbonyl (C=O) groups excluding carboxylic acids is 2. The average molecular weight is 359 g/mol. The van der Waals surface area contributed by atoms with E-state index in [0.717, 1.165) is 15.7 Å². The van der Waals surface area contributed by atoms with E-state index in [-0.39, 0.29) is 12.5 Å². The molecular weight excluding hydrogens is 340 g/mol. The van der Waals surface area contributed by atoms with Crippen LogP contribution in [0.5, 0.6) is 0 Å². The van der Waals surface area contributed by atoms with E-state index in [0.29, 0.717) is 6.61 Å². The molecule has 21 heavy (non-hydrogen) atoms. The molecule has 0 fully saturated rings. The van der Waals surface area contributed by atoms with Crippen molar-refractivity contribution in [2.45, 2.75) is 19.6 Å². The monoisotopic (exact) mass is 358 g/mol. The number of anilines is 1. The van der Waals surface area contributed by atoms with Crippen molar-refractivity contribution in [3.8, 4) is 0 Å². The lowest BCUT2D eigenvalue weighted by molar-refractivity contribution is -0.144. The standard InChI is InChI=1S/C14H19BrN2O4/c1-9(18)17-13(14(19)21-3)7-16-12-6-4-5-11(15)10(12)8-20-2/h4-6,13,16H,7-8H2,1-3H3,(H,17,18). The Hall–Kier alpha value is -1.60. The van der Waals surface area contributed by atoms with Crippen molar-refractivity contribution in [1.29, 1.82) is 0 Å².